The summed E-state index contributed by atoms with van der Waals surface area (Å²) in [5, 5.41) is 8.87. The molecule has 0 fully saturated rings. The molecule has 0 aliphatic heterocycles. The van der Waals surface area contributed by atoms with Gasteiger partial charge in [-0.2, -0.15) is 0 Å². The van der Waals surface area contributed by atoms with E-state index in [-0.39, 0.29) is 5.76 Å². The molecule has 0 amide bonds. The lowest BCUT2D eigenvalue weighted by Gasteiger charge is -2.15. The van der Waals surface area contributed by atoms with Gasteiger partial charge in [-0.3, -0.25) is 0 Å². The Morgan fingerprint density at radius 1 is 1.50 bits per heavy atom. The quantitative estimate of drug-likeness (QED) is 0.725. The molecule has 1 rings (SSSR count). The maximum atomic E-state index is 10.8. The molecule has 0 unspecified atom stereocenters. The zero-order valence-electron chi connectivity index (χ0n) is 9.90. The average Bonchev–Trinajstić information content (AvgIpc) is 2.66. The van der Waals surface area contributed by atoms with Crippen molar-refractivity contribution in [2.75, 3.05) is 13.6 Å². The van der Waals surface area contributed by atoms with Crippen molar-refractivity contribution in [3.05, 3.63) is 23.7 Å². The largest absolute Gasteiger partial charge is 0.475 e. The fraction of sp³-hybridized carbons (Fsp3) is 0.583. The normalized spacial score (nSPS) is 10.9. The monoisotopic (exact) mass is 225 g/mol. The van der Waals surface area contributed by atoms with Crippen molar-refractivity contribution in [2.45, 2.75) is 32.7 Å². The molecule has 0 spiro atoms. The molecule has 1 N–H and O–H groups in total. The molecule has 0 atom stereocenters. The van der Waals surface area contributed by atoms with Crippen molar-refractivity contribution in [3.8, 4) is 0 Å². The second-order valence-corrected chi connectivity index (χ2v) is 4.03. The van der Waals surface area contributed by atoms with E-state index in [1.54, 1.807) is 6.07 Å². The van der Waals surface area contributed by atoms with Crippen LogP contribution in [0.25, 0.3) is 0 Å². The number of hydrogen-bond donors (Lipinski definition) is 1. The van der Waals surface area contributed by atoms with Crippen molar-refractivity contribution in [1.82, 2.24) is 4.90 Å². The fourth-order valence-corrected chi connectivity index (χ4v) is 1.65. The van der Waals surface area contributed by atoms with E-state index in [4.69, 9.17) is 9.52 Å². The first-order valence-electron chi connectivity index (χ1n) is 5.63. The van der Waals surface area contributed by atoms with Crippen LogP contribution in [0.4, 0.5) is 0 Å². The van der Waals surface area contributed by atoms with Crippen LogP contribution in [-0.2, 0) is 6.54 Å². The van der Waals surface area contributed by atoms with Gasteiger partial charge >= 0.3 is 5.97 Å². The van der Waals surface area contributed by atoms with Gasteiger partial charge in [-0.1, -0.05) is 19.8 Å². The third-order valence-corrected chi connectivity index (χ3v) is 2.52. The summed E-state index contributed by atoms with van der Waals surface area (Å²) in [5.74, 6) is -0.940. The van der Waals surface area contributed by atoms with E-state index in [2.05, 4.69) is 11.8 Å². The van der Waals surface area contributed by atoms with Crippen molar-refractivity contribution in [1.29, 1.82) is 0 Å². The highest BCUT2D eigenvalue weighted by atomic mass is 16.4. The maximum Gasteiger partial charge on any atom is 0.372 e. The van der Waals surface area contributed by atoms with Crippen molar-refractivity contribution in [2.24, 2.45) is 0 Å². The van der Waals surface area contributed by atoms with Gasteiger partial charge in [0.2, 0.25) is 5.76 Å². The highest BCUT2D eigenvalue weighted by molar-refractivity contribution is 5.86. The van der Waals surface area contributed by atoms with E-state index in [0.29, 0.717) is 6.54 Å². The Hall–Kier alpha value is -1.29. The number of furan rings is 1. The Bertz CT molecular complexity index is 333. The van der Waals surface area contributed by atoms with Gasteiger partial charge in [-0.25, -0.2) is 4.79 Å². The molecule has 0 radical (unpaired) electrons. The molecular formula is C12H19NO3. The Morgan fingerprint density at radius 2 is 2.25 bits per heavy atom. The number of carbonyl (C=O) groups is 1. The summed E-state index contributed by atoms with van der Waals surface area (Å²) in [6, 6.07) is 1.72. The van der Waals surface area contributed by atoms with E-state index < -0.39 is 5.97 Å². The smallest absolute Gasteiger partial charge is 0.372 e. The molecule has 0 saturated carbocycles. The molecule has 90 valence electrons. The zero-order valence-corrected chi connectivity index (χ0v) is 9.90. The van der Waals surface area contributed by atoms with Gasteiger partial charge < -0.3 is 14.4 Å². The number of hydrogen-bond acceptors (Lipinski definition) is 3. The van der Waals surface area contributed by atoms with Crippen molar-refractivity contribution < 1.29 is 14.3 Å². The molecule has 0 aliphatic rings. The van der Waals surface area contributed by atoms with Crippen LogP contribution in [0.2, 0.25) is 0 Å². The molecule has 1 aromatic rings. The Morgan fingerprint density at radius 3 is 2.88 bits per heavy atom. The summed E-state index contributed by atoms with van der Waals surface area (Å²) in [7, 11) is 1.99. The van der Waals surface area contributed by atoms with E-state index in [1.165, 1.54) is 19.1 Å². The van der Waals surface area contributed by atoms with Gasteiger partial charge in [0.1, 0.15) is 0 Å². The summed E-state index contributed by atoms with van der Waals surface area (Å²) >= 11 is 0. The lowest BCUT2D eigenvalue weighted by atomic mass is 10.2. The number of carboxylic acid groups (broad SMARTS) is 1. The molecule has 4 nitrogen and oxygen atoms in total. The van der Waals surface area contributed by atoms with Crippen molar-refractivity contribution >= 4 is 5.97 Å². The number of unbranched alkanes of at least 4 members (excludes halogenated alkanes) is 2. The van der Waals surface area contributed by atoms with Gasteiger partial charge in [0.15, 0.2) is 0 Å². The van der Waals surface area contributed by atoms with Crippen LogP contribution in [0.15, 0.2) is 16.7 Å². The first kappa shape index (κ1) is 12.8. The van der Waals surface area contributed by atoms with Gasteiger partial charge in [0, 0.05) is 12.1 Å². The number of carboxylic acids is 1. The molecule has 16 heavy (non-hydrogen) atoms. The second-order valence-electron chi connectivity index (χ2n) is 4.03. The molecule has 1 aromatic heterocycles. The molecule has 0 bridgehead atoms. The van der Waals surface area contributed by atoms with Crippen LogP contribution in [0.1, 0.15) is 42.3 Å². The molecule has 0 aromatic carbocycles. The molecule has 4 heteroatoms. The van der Waals surface area contributed by atoms with Crippen molar-refractivity contribution in [3.63, 3.8) is 0 Å². The lowest BCUT2D eigenvalue weighted by molar-refractivity contribution is 0.0659. The molecule has 1 heterocycles. The first-order chi connectivity index (χ1) is 7.65. The minimum atomic E-state index is -0.998. The van der Waals surface area contributed by atoms with E-state index in [1.807, 2.05) is 7.05 Å². The Balaban J connectivity index is 2.46. The number of aromatic carboxylic acids is 1. The predicted octanol–water partition coefficient (Wildman–Crippen LogP) is 2.60. The average molecular weight is 225 g/mol. The summed E-state index contributed by atoms with van der Waals surface area (Å²) < 4.78 is 4.93. The van der Waals surface area contributed by atoms with Crippen LogP contribution in [-0.4, -0.2) is 29.6 Å². The summed E-state index contributed by atoms with van der Waals surface area (Å²) in [6.07, 6.45) is 4.98. The minimum Gasteiger partial charge on any atom is -0.475 e. The third kappa shape index (κ3) is 3.70. The highest BCUT2D eigenvalue weighted by Crippen LogP contribution is 2.13. The van der Waals surface area contributed by atoms with Crippen LogP contribution in [0.3, 0.4) is 0 Å². The lowest BCUT2D eigenvalue weighted by Crippen LogP contribution is -2.20. The van der Waals surface area contributed by atoms with Gasteiger partial charge in [0.25, 0.3) is 0 Å². The van der Waals surface area contributed by atoms with Gasteiger partial charge in [-0.15, -0.1) is 0 Å². The van der Waals surface area contributed by atoms with Gasteiger partial charge in [-0.05, 0) is 26.1 Å². The summed E-state index contributed by atoms with van der Waals surface area (Å²) in [5.41, 5.74) is 0.742. The minimum absolute atomic E-state index is 0.0577. The Labute approximate surface area is 95.9 Å². The molecular weight excluding hydrogens is 206 g/mol. The highest BCUT2D eigenvalue weighted by Gasteiger charge is 2.14. The third-order valence-electron chi connectivity index (χ3n) is 2.52. The predicted molar refractivity (Wildman–Crippen MR) is 61.5 cm³/mol. The van der Waals surface area contributed by atoms with E-state index >= 15 is 0 Å². The number of rotatable bonds is 7. The van der Waals surface area contributed by atoms with Crippen LogP contribution >= 0.6 is 0 Å². The van der Waals surface area contributed by atoms with Crippen LogP contribution in [0.5, 0.6) is 0 Å². The first-order valence-corrected chi connectivity index (χ1v) is 5.63. The van der Waals surface area contributed by atoms with E-state index in [0.717, 1.165) is 18.5 Å². The molecule has 0 aliphatic carbocycles. The Kier molecular flexibility index (Phi) is 5.05. The van der Waals surface area contributed by atoms with E-state index in [9.17, 15) is 4.79 Å². The SMILES string of the molecule is CCCCCN(C)Cc1ccoc1C(=O)O. The zero-order chi connectivity index (χ0) is 12.0. The standard InChI is InChI=1S/C12H19NO3/c1-3-4-5-7-13(2)9-10-6-8-16-11(10)12(14)15/h6,8H,3-5,7,9H2,1-2H3,(H,14,15). The summed E-state index contributed by atoms with van der Waals surface area (Å²) in [4.78, 5) is 12.9. The fourth-order valence-electron chi connectivity index (χ4n) is 1.65. The maximum absolute atomic E-state index is 10.8. The second kappa shape index (κ2) is 6.33. The number of nitrogens with zero attached hydrogens (tertiary/aromatic N) is 1. The van der Waals surface area contributed by atoms with Crippen LogP contribution < -0.4 is 0 Å². The molecule has 0 saturated heterocycles. The topological polar surface area (TPSA) is 53.7 Å². The summed E-state index contributed by atoms with van der Waals surface area (Å²) in [6.45, 7) is 3.78. The van der Waals surface area contributed by atoms with Crippen LogP contribution in [0, 0.1) is 0 Å². The van der Waals surface area contributed by atoms with Gasteiger partial charge in [0.05, 0.1) is 6.26 Å².